The monoisotopic (exact) mass is 512 g/mol. The lowest BCUT2D eigenvalue weighted by Gasteiger charge is -2.68. The van der Waals surface area contributed by atoms with E-state index in [0.717, 1.165) is 19.3 Å². The summed E-state index contributed by atoms with van der Waals surface area (Å²) in [5, 5.41) is 11.9. The second-order valence-electron chi connectivity index (χ2n) is 14.8. The number of hydrogen-bond donors (Lipinski definition) is 1. The molecule has 5 nitrogen and oxygen atoms in total. The Morgan fingerprint density at radius 3 is 2.41 bits per heavy atom. The average molecular weight is 513 g/mol. The van der Waals surface area contributed by atoms with Crippen LogP contribution in [0, 0.1) is 39.4 Å². The lowest BCUT2D eigenvalue weighted by atomic mass is 9.36. The van der Waals surface area contributed by atoms with Crippen LogP contribution >= 0.6 is 0 Å². The molecular formula is C32H48O5. The van der Waals surface area contributed by atoms with E-state index in [-0.39, 0.29) is 57.3 Å². The second-order valence-corrected chi connectivity index (χ2v) is 14.8. The first-order chi connectivity index (χ1) is 17.0. The van der Waals surface area contributed by atoms with Crippen LogP contribution in [0.25, 0.3) is 0 Å². The van der Waals surface area contributed by atoms with Crippen LogP contribution in [0.4, 0.5) is 0 Å². The van der Waals surface area contributed by atoms with E-state index in [2.05, 4.69) is 53.7 Å². The molecule has 206 valence electrons. The smallest absolute Gasteiger partial charge is 0.302 e. The molecule has 0 aromatic rings. The Kier molecular flexibility index (Phi) is 6.06. The van der Waals surface area contributed by atoms with Crippen LogP contribution in [0.2, 0.25) is 0 Å². The fraction of sp³-hybridized carbons (Fsp3) is 0.812. The lowest BCUT2D eigenvalue weighted by molar-refractivity contribution is -0.201. The molecule has 0 amide bonds. The highest BCUT2D eigenvalue weighted by Crippen LogP contribution is 2.73. The van der Waals surface area contributed by atoms with Crippen LogP contribution in [0.3, 0.4) is 0 Å². The van der Waals surface area contributed by atoms with Crippen LogP contribution in [0.15, 0.2) is 23.3 Å². The normalized spacial score (nSPS) is 45.0. The molecule has 4 aliphatic carbocycles. The Labute approximate surface area is 223 Å². The third kappa shape index (κ3) is 3.77. The zero-order chi connectivity index (χ0) is 27.3. The number of esters is 1. The Balaban J connectivity index is 1.47. The summed E-state index contributed by atoms with van der Waals surface area (Å²) in [5.74, 6) is 0.753. The summed E-state index contributed by atoms with van der Waals surface area (Å²) in [5.41, 5.74) is 1.78. The summed E-state index contributed by atoms with van der Waals surface area (Å²) in [6.07, 6.45) is 8.84. The fourth-order valence-electron chi connectivity index (χ4n) is 9.88. The Bertz CT molecular complexity index is 1070. The molecule has 37 heavy (non-hydrogen) atoms. The van der Waals surface area contributed by atoms with Crippen LogP contribution in [-0.2, 0) is 19.1 Å². The summed E-state index contributed by atoms with van der Waals surface area (Å²) < 4.78 is 11.6. The lowest BCUT2D eigenvalue weighted by Crippen LogP contribution is -2.65. The number of allylic oxidation sites excluding steroid dienone is 3. The van der Waals surface area contributed by atoms with E-state index in [4.69, 9.17) is 9.47 Å². The number of carbonyl (C=O) groups excluding carboxylic acids is 2. The number of aliphatic hydroxyl groups is 1. The van der Waals surface area contributed by atoms with Crippen molar-refractivity contribution in [2.45, 2.75) is 125 Å². The number of rotatable bonds is 5. The first-order valence-corrected chi connectivity index (χ1v) is 14.5. The predicted molar refractivity (Wildman–Crippen MR) is 144 cm³/mol. The van der Waals surface area contributed by atoms with Gasteiger partial charge in [-0.05, 0) is 80.1 Å². The molecule has 9 atom stereocenters. The Hall–Kier alpha value is -1.46. The standard InChI is InChI=1S/C32H48O5/c1-18(16-23(36-19(2)33)27-29(5,6)37-27)20-10-14-31(8)21(20)17-22(34)26-30(7)13-12-25(35)28(3,4)24(30)11-15-32(26,31)9/h10,14,18,22-24,26-27,34H,11-13,15-17H2,1-9H3/t18-,22+,23+,24+,26+,27-,30+,31+,32+/m1/s1. The van der Waals surface area contributed by atoms with E-state index in [1.165, 1.54) is 18.1 Å². The molecule has 1 N–H and O–H groups in total. The average Bonchev–Trinajstić information content (AvgIpc) is 3.27. The van der Waals surface area contributed by atoms with Gasteiger partial charge in [0, 0.05) is 24.2 Å². The van der Waals surface area contributed by atoms with Gasteiger partial charge in [0.1, 0.15) is 18.0 Å². The summed E-state index contributed by atoms with van der Waals surface area (Å²) in [6, 6.07) is 0. The summed E-state index contributed by atoms with van der Waals surface area (Å²) in [4.78, 5) is 24.8. The van der Waals surface area contributed by atoms with Crippen LogP contribution in [0.1, 0.15) is 101 Å². The minimum absolute atomic E-state index is 0.0596. The first kappa shape index (κ1) is 27.1. The number of fused-ring (bicyclic) bond motifs is 5. The van der Waals surface area contributed by atoms with Gasteiger partial charge in [0.05, 0.1) is 11.7 Å². The zero-order valence-electron chi connectivity index (χ0n) is 24.4. The molecule has 4 fully saturated rings. The molecule has 5 rings (SSSR count). The first-order valence-electron chi connectivity index (χ1n) is 14.5. The van der Waals surface area contributed by atoms with E-state index in [9.17, 15) is 14.7 Å². The van der Waals surface area contributed by atoms with E-state index >= 15 is 0 Å². The summed E-state index contributed by atoms with van der Waals surface area (Å²) in [6.45, 7) is 19.2. The van der Waals surface area contributed by atoms with Crippen molar-refractivity contribution in [1.29, 1.82) is 0 Å². The number of epoxide rings is 1. The number of hydrogen-bond acceptors (Lipinski definition) is 5. The minimum Gasteiger partial charge on any atom is -0.460 e. The molecule has 5 heteroatoms. The topological polar surface area (TPSA) is 76.1 Å². The maximum atomic E-state index is 12.9. The maximum absolute atomic E-state index is 12.9. The van der Waals surface area contributed by atoms with Crippen molar-refractivity contribution in [3.8, 4) is 0 Å². The molecular weight excluding hydrogens is 464 g/mol. The van der Waals surface area contributed by atoms with Gasteiger partial charge in [0.2, 0.25) is 0 Å². The van der Waals surface area contributed by atoms with Crippen molar-refractivity contribution in [1.82, 2.24) is 0 Å². The van der Waals surface area contributed by atoms with Crippen molar-refractivity contribution in [2.24, 2.45) is 39.4 Å². The van der Waals surface area contributed by atoms with Gasteiger partial charge in [-0.15, -0.1) is 0 Å². The highest BCUT2D eigenvalue weighted by molar-refractivity contribution is 5.85. The largest absolute Gasteiger partial charge is 0.460 e. The molecule has 5 aliphatic rings. The minimum atomic E-state index is -0.429. The van der Waals surface area contributed by atoms with E-state index in [1.807, 2.05) is 13.8 Å². The second kappa shape index (κ2) is 8.27. The van der Waals surface area contributed by atoms with Crippen molar-refractivity contribution >= 4 is 11.8 Å². The van der Waals surface area contributed by atoms with Crippen molar-refractivity contribution in [3.05, 3.63) is 23.3 Å². The predicted octanol–water partition coefficient (Wildman–Crippen LogP) is 6.19. The molecule has 1 aliphatic heterocycles. The Morgan fingerprint density at radius 1 is 1.16 bits per heavy atom. The SMILES string of the molecule is CC(=O)O[C@@H](C[C@@H](C)C1=C2C[C@H](O)[C@H]3[C@@]4(C)CCC(=O)C(C)(C)[C@@H]4CC[C@]3(C)[C@@]2(C)C=C1)[C@H]1OC1(C)C. The van der Waals surface area contributed by atoms with Gasteiger partial charge >= 0.3 is 5.97 Å². The van der Waals surface area contributed by atoms with Crippen LogP contribution < -0.4 is 0 Å². The molecule has 0 bridgehead atoms. The van der Waals surface area contributed by atoms with Gasteiger partial charge in [-0.25, -0.2) is 0 Å². The van der Waals surface area contributed by atoms with Gasteiger partial charge in [-0.1, -0.05) is 59.3 Å². The summed E-state index contributed by atoms with van der Waals surface area (Å²) >= 11 is 0. The van der Waals surface area contributed by atoms with Crippen molar-refractivity contribution in [3.63, 3.8) is 0 Å². The van der Waals surface area contributed by atoms with Crippen molar-refractivity contribution in [2.75, 3.05) is 0 Å². The number of Topliss-reactive ketones (excluding diaryl/α,β-unsaturated/α-hetero) is 1. The number of ketones is 1. The van der Waals surface area contributed by atoms with Gasteiger partial charge in [-0.3, -0.25) is 9.59 Å². The summed E-state index contributed by atoms with van der Waals surface area (Å²) in [7, 11) is 0. The fourth-order valence-corrected chi connectivity index (χ4v) is 9.88. The van der Waals surface area contributed by atoms with Crippen LogP contribution in [0.5, 0.6) is 0 Å². The Morgan fingerprint density at radius 2 is 1.81 bits per heavy atom. The quantitative estimate of drug-likeness (QED) is 0.351. The molecule has 3 saturated carbocycles. The molecule has 0 aromatic carbocycles. The molecule has 0 unspecified atom stereocenters. The van der Waals surface area contributed by atoms with Gasteiger partial charge in [0.15, 0.2) is 0 Å². The number of aliphatic hydroxyl groups excluding tert-OH is 1. The molecule has 0 radical (unpaired) electrons. The zero-order valence-corrected chi connectivity index (χ0v) is 24.4. The third-order valence-corrected chi connectivity index (χ3v) is 12.0. The van der Waals surface area contributed by atoms with E-state index in [1.54, 1.807) is 0 Å². The van der Waals surface area contributed by atoms with Crippen LogP contribution in [-0.4, -0.2) is 40.8 Å². The van der Waals surface area contributed by atoms with Gasteiger partial charge < -0.3 is 14.6 Å². The highest BCUT2D eigenvalue weighted by Gasteiger charge is 2.68. The highest BCUT2D eigenvalue weighted by atomic mass is 16.6. The molecule has 0 spiro atoms. The van der Waals surface area contributed by atoms with Crippen molar-refractivity contribution < 1.29 is 24.2 Å². The van der Waals surface area contributed by atoms with Gasteiger partial charge in [-0.2, -0.15) is 0 Å². The molecule has 1 saturated heterocycles. The number of ether oxygens (including phenoxy) is 2. The van der Waals surface area contributed by atoms with Gasteiger partial charge in [0.25, 0.3) is 0 Å². The van der Waals surface area contributed by atoms with E-state index < -0.39 is 6.10 Å². The maximum Gasteiger partial charge on any atom is 0.302 e. The molecule has 0 aromatic heterocycles. The molecule has 1 heterocycles. The number of carbonyl (C=O) groups is 2. The van der Waals surface area contributed by atoms with E-state index in [0.29, 0.717) is 31.0 Å². The third-order valence-electron chi connectivity index (χ3n) is 12.0.